The van der Waals surface area contributed by atoms with E-state index < -0.39 is 9.84 Å². The van der Waals surface area contributed by atoms with Crippen molar-refractivity contribution in [3.05, 3.63) is 35.7 Å². The summed E-state index contributed by atoms with van der Waals surface area (Å²) in [6.07, 6.45) is 2.34. The minimum absolute atomic E-state index is 0.0981. The van der Waals surface area contributed by atoms with E-state index in [0.717, 1.165) is 11.3 Å². The number of aromatic nitrogens is 2. The van der Waals surface area contributed by atoms with Crippen molar-refractivity contribution in [1.29, 1.82) is 5.26 Å². The van der Waals surface area contributed by atoms with Crippen LogP contribution in [0.25, 0.3) is 0 Å². The Kier molecular flexibility index (Phi) is 6.68. The van der Waals surface area contributed by atoms with Gasteiger partial charge in [-0.25, -0.2) is 23.2 Å². The molecule has 0 radical (unpaired) electrons. The Bertz CT molecular complexity index is 1340. The fourth-order valence-corrected chi connectivity index (χ4v) is 5.90. The Morgan fingerprint density at radius 3 is 2.59 bits per heavy atom. The topological polar surface area (TPSA) is 135 Å². The molecule has 2 atom stereocenters. The molecule has 4 heterocycles. The van der Waals surface area contributed by atoms with Crippen molar-refractivity contribution in [3.63, 3.8) is 0 Å². The van der Waals surface area contributed by atoms with Crippen molar-refractivity contribution in [1.82, 2.24) is 14.9 Å². The number of rotatable bonds is 5. The standard InChI is InChI=1S/C25H29N5O6S/c1-15(2)35-25(31)29-10-17-12-34-13-18(11-29)22(17)36-24-20(9-26)23(27-14-28-24)30-7-6-16-8-19(37(3,32)33)4-5-21(16)30/h4-5,8,14-15,17-18,22H,6-7,10-13H2,1-3H3. The van der Waals surface area contributed by atoms with Crippen molar-refractivity contribution in [2.45, 2.75) is 37.4 Å². The van der Waals surface area contributed by atoms with Crippen LogP contribution in [-0.2, 0) is 25.7 Å². The number of fused-ring (bicyclic) bond motifs is 3. The van der Waals surface area contributed by atoms with Crippen molar-refractivity contribution < 1.29 is 27.4 Å². The van der Waals surface area contributed by atoms with Crippen LogP contribution in [0.4, 0.5) is 16.3 Å². The van der Waals surface area contributed by atoms with E-state index in [4.69, 9.17) is 14.2 Å². The number of anilines is 2. The molecule has 0 aliphatic carbocycles. The van der Waals surface area contributed by atoms with Crippen LogP contribution in [0.5, 0.6) is 5.88 Å². The van der Waals surface area contributed by atoms with Crippen LogP contribution in [-0.4, -0.2) is 80.7 Å². The molecule has 196 valence electrons. The molecule has 0 spiro atoms. The molecule has 1 aromatic heterocycles. The number of ether oxygens (including phenoxy) is 3. The van der Waals surface area contributed by atoms with Gasteiger partial charge in [0.2, 0.25) is 5.88 Å². The SMILES string of the molecule is CC(C)OC(=O)N1CC2COCC(C1)C2Oc1ncnc(N2CCc3cc(S(C)(=O)=O)ccc32)c1C#N. The van der Waals surface area contributed by atoms with E-state index >= 15 is 0 Å². The average Bonchev–Trinajstić information content (AvgIpc) is 3.26. The third-order valence-electron chi connectivity index (χ3n) is 6.88. The summed E-state index contributed by atoms with van der Waals surface area (Å²) in [7, 11) is -3.32. The Balaban J connectivity index is 1.40. The number of piperidine rings is 1. The molecular formula is C25H29N5O6S. The highest BCUT2D eigenvalue weighted by Gasteiger charge is 2.44. The molecule has 12 heteroatoms. The van der Waals surface area contributed by atoms with Gasteiger partial charge in [-0.15, -0.1) is 0 Å². The zero-order chi connectivity index (χ0) is 26.3. The molecule has 2 bridgehead atoms. The van der Waals surface area contributed by atoms with E-state index in [0.29, 0.717) is 45.1 Å². The molecule has 5 rings (SSSR count). The van der Waals surface area contributed by atoms with E-state index in [1.165, 1.54) is 12.6 Å². The lowest BCUT2D eigenvalue weighted by atomic mass is 9.84. The lowest BCUT2D eigenvalue weighted by molar-refractivity contribution is -0.111. The number of nitriles is 1. The van der Waals surface area contributed by atoms with Crippen molar-refractivity contribution in [3.8, 4) is 11.9 Å². The summed E-state index contributed by atoms with van der Waals surface area (Å²) in [4.78, 5) is 25.0. The van der Waals surface area contributed by atoms with Crippen LogP contribution >= 0.6 is 0 Å². The molecule has 0 saturated carbocycles. The first-order chi connectivity index (χ1) is 17.7. The number of nitrogens with zero attached hydrogens (tertiary/aromatic N) is 5. The normalized spacial score (nSPS) is 22.9. The third-order valence-corrected chi connectivity index (χ3v) is 7.99. The smallest absolute Gasteiger partial charge is 0.410 e. The molecule has 37 heavy (non-hydrogen) atoms. The lowest BCUT2D eigenvalue weighted by Gasteiger charge is -2.46. The van der Waals surface area contributed by atoms with Gasteiger partial charge in [-0.05, 0) is 44.0 Å². The minimum Gasteiger partial charge on any atom is -0.472 e. The molecular weight excluding hydrogens is 498 g/mol. The molecule has 1 amide bonds. The summed E-state index contributed by atoms with van der Waals surface area (Å²) in [5.74, 6) is 0.407. The summed E-state index contributed by atoms with van der Waals surface area (Å²) in [6.45, 7) is 5.88. The summed E-state index contributed by atoms with van der Waals surface area (Å²) in [6, 6.07) is 7.20. The van der Waals surface area contributed by atoms with Crippen molar-refractivity contribution in [2.24, 2.45) is 11.8 Å². The van der Waals surface area contributed by atoms with Gasteiger partial charge in [0.25, 0.3) is 0 Å². The third kappa shape index (κ3) is 4.93. The van der Waals surface area contributed by atoms with Gasteiger partial charge < -0.3 is 24.0 Å². The number of carbonyl (C=O) groups excluding carboxylic acids is 1. The molecule has 2 unspecified atom stereocenters. The number of amides is 1. The van der Waals surface area contributed by atoms with Gasteiger partial charge in [-0.2, -0.15) is 5.26 Å². The first-order valence-corrected chi connectivity index (χ1v) is 14.1. The van der Waals surface area contributed by atoms with E-state index in [1.54, 1.807) is 23.1 Å². The summed E-state index contributed by atoms with van der Waals surface area (Å²) < 4.78 is 41.4. The highest BCUT2D eigenvalue weighted by atomic mass is 32.2. The maximum Gasteiger partial charge on any atom is 0.410 e. The highest BCUT2D eigenvalue weighted by Crippen LogP contribution is 2.39. The van der Waals surface area contributed by atoms with Crippen LogP contribution in [0.2, 0.25) is 0 Å². The second kappa shape index (κ2) is 9.79. The Morgan fingerprint density at radius 1 is 1.22 bits per heavy atom. The molecule has 0 N–H and O–H groups in total. The van der Waals surface area contributed by atoms with Gasteiger partial charge in [0.15, 0.2) is 21.2 Å². The highest BCUT2D eigenvalue weighted by molar-refractivity contribution is 7.90. The van der Waals surface area contributed by atoms with E-state index in [-0.39, 0.29) is 46.5 Å². The van der Waals surface area contributed by atoms with E-state index in [1.807, 2.05) is 18.7 Å². The fourth-order valence-electron chi connectivity index (χ4n) is 5.23. The number of hydrogen-bond donors (Lipinski definition) is 0. The maximum absolute atomic E-state index is 12.5. The maximum atomic E-state index is 12.5. The van der Waals surface area contributed by atoms with Gasteiger partial charge in [0.05, 0.1) is 24.2 Å². The molecule has 3 aliphatic heterocycles. The minimum atomic E-state index is -3.32. The zero-order valence-corrected chi connectivity index (χ0v) is 21.8. The van der Waals surface area contributed by atoms with Crippen LogP contribution in [0.15, 0.2) is 29.4 Å². The monoisotopic (exact) mass is 527 g/mol. The number of sulfone groups is 1. The zero-order valence-electron chi connectivity index (χ0n) is 21.0. The Hall–Kier alpha value is -3.43. The van der Waals surface area contributed by atoms with Gasteiger partial charge in [0.1, 0.15) is 18.5 Å². The Morgan fingerprint density at radius 2 is 1.95 bits per heavy atom. The fraction of sp³-hybridized carbons (Fsp3) is 0.520. The van der Waals surface area contributed by atoms with Gasteiger partial charge >= 0.3 is 6.09 Å². The summed E-state index contributed by atoms with van der Waals surface area (Å²) in [5.41, 5.74) is 1.89. The van der Waals surface area contributed by atoms with Crippen molar-refractivity contribution in [2.75, 3.05) is 44.0 Å². The van der Waals surface area contributed by atoms with Gasteiger partial charge in [-0.1, -0.05) is 0 Å². The second-order valence-corrected chi connectivity index (χ2v) is 11.9. The molecule has 2 saturated heterocycles. The second-order valence-electron chi connectivity index (χ2n) is 9.93. The van der Waals surface area contributed by atoms with E-state index in [9.17, 15) is 18.5 Å². The first kappa shape index (κ1) is 25.2. The average molecular weight is 528 g/mol. The van der Waals surface area contributed by atoms with Crippen LogP contribution < -0.4 is 9.64 Å². The molecule has 2 fully saturated rings. The van der Waals surface area contributed by atoms with E-state index in [2.05, 4.69) is 16.0 Å². The summed E-state index contributed by atoms with van der Waals surface area (Å²) >= 11 is 0. The summed E-state index contributed by atoms with van der Waals surface area (Å²) in [5, 5.41) is 10.1. The largest absolute Gasteiger partial charge is 0.472 e. The number of likely N-dealkylation sites (tertiary alicyclic amines) is 1. The van der Waals surface area contributed by atoms with Gasteiger partial charge in [-0.3, -0.25) is 0 Å². The molecule has 1 aromatic carbocycles. The predicted octanol–water partition coefficient (Wildman–Crippen LogP) is 2.32. The van der Waals surface area contributed by atoms with Crippen LogP contribution in [0.3, 0.4) is 0 Å². The molecule has 3 aliphatic rings. The first-order valence-electron chi connectivity index (χ1n) is 12.2. The number of carbonyl (C=O) groups is 1. The van der Waals surface area contributed by atoms with Gasteiger partial charge in [0, 0.05) is 43.4 Å². The molecule has 2 aromatic rings. The predicted molar refractivity (Wildman–Crippen MR) is 132 cm³/mol. The Labute approximate surface area is 215 Å². The quantitative estimate of drug-likeness (QED) is 0.570. The van der Waals surface area contributed by atoms with Crippen LogP contribution in [0, 0.1) is 23.2 Å². The van der Waals surface area contributed by atoms with Crippen molar-refractivity contribution >= 4 is 27.4 Å². The van der Waals surface area contributed by atoms with Crippen LogP contribution in [0.1, 0.15) is 25.0 Å². The lowest BCUT2D eigenvalue weighted by Crippen LogP contribution is -2.59. The number of benzene rings is 1. The molecule has 11 nitrogen and oxygen atoms in total. The number of hydrogen-bond acceptors (Lipinski definition) is 10.